The summed E-state index contributed by atoms with van der Waals surface area (Å²) in [6, 6.07) is 0. The van der Waals surface area contributed by atoms with Crippen LogP contribution in [0, 0.1) is 5.92 Å². The van der Waals surface area contributed by atoms with Crippen molar-refractivity contribution in [2.24, 2.45) is 10.9 Å². The van der Waals surface area contributed by atoms with Crippen LogP contribution in [-0.4, -0.2) is 63.3 Å². The molecule has 0 aliphatic carbocycles. The maximum absolute atomic E-state index is 5.36. The number of unbranched alkanes of at least 4 members (excludes halogenated alkanes) is 1. The zero-order chi connectivity index (χ0) is 16.8. The van der Waals surface area contributed by atoms with Crippen molar-refractivity contribution in [1.29, 1.82) is 0 Å². The zero-order valence-corrected chi connectivity index (χ0v) is 15.6. The third-order valence-corrected chi connectivity index (χ3v) is 4.14. The van der Waals surface area contributed by atoms with Gasteiger partial charge in [-0.25, -0.2) is 0 Å². The first-order chi connectivity index (χ1) is 11.3. The van der Waals surface area contributed by atoms with E-state index < -0.39 is 0 Å². The molecule has 0 aromatic carbocycles. The summed E-state index contributed by atoms with van der Waals surface area (Å²) in [6.45, 7) is 14.6. The second-order valence-corrected chi connectivity index (χ2v) is 6.52. The predicted octanol–water partition coefficient (Wildman–Crippen LogP) is 2.48. The maximum Gasteiger partial charge on any atom is 0.191 e. The van der Waals surface area contributed by atoms with E-state index in [0.29, 0.717) is 5.92 Å². The second kappa shape index (κ2) is 13.6. The quantitative estimate of drug-likeness (QED) is 0.348. The van der Waals surface area contributed by atoms with Gasteiger partial charge in [-0.05, 0) is 58.5 Å². The van der Waals surface area contributed by atoms with Crippen LogP contribution in [0.4, 0.5) is 0 Å². The van der Waals surface area contributed by atoms with Gasteiger partial charge in [-0.15, -0.1) is 0 Å². The minimum atomic E-state index is 0.613. The van der Waals surface area contributed by atoms with Gasteiger partial charge in [0.2, 0.25) is 0 Å². The lowest BCUT2D eigenvalue weighted by Gasteiger charge is -2.28. The Morgan fingerprint density at radius 3 is 2.61 bits per heavy atom. The topological polar surface area (TPSA) is 48.9 Å². The van der Waals surface area contributed by atoms with Crippen LogP contribution < -0.4 is 10.6 Å². The first kappa shape index (κ1) is 20.2. The SMILES string of the molecule is CCNC(=NCC(C)CN1CCCCC1)NCCCCOCC. The second-order valence-electron chi connectivity index (χ2n) is 6.52. The fourth-order valence-electron chi connectivity index (χ4n) is 2.91. The van der Waals surface area contributed by atoms with Crippen LogP contribution in [0.25, 0.3) is 0 Å². The molecule has 0 radical (unpaired) electrons. The Morgan fingerprint density at radius 2 is 1.91 bits per heavy atom. The predicted molar refractivity (Wildman–Crippen MR) is 99.2 cm³/mol. The first-order valence-electron chi connectivity index (χ1n) is 9.58. The maximum atomic E-state index is 5.36. The van der Waals surface area contributed by atoms with Gasteiger partial charge in [0, 0.05) is 39.4 Å². The highest BCUT2D eigenvalue weighted by atomic mass is 16.5. The van der Waals surface area contributed by atoms with Gasteiger partial charge in [-0.2, -0.15) is 0 Å². The van der Waals surface area contributed by atoms with Gasteiger partial charge in [0.05, 0.1) is 0 Å². The number of nitrogens with one attached hydrogen (secondary N) is 2. The lowest BCUT2D eigenvalue weighted by molar-refractivity contribution is 0.143. The highest BCUT2D eigenvalue weighted by Crippen LogP contribution is 2.11. The summed E-state index contributed by atoms with van der Waals surface area (Å²) in [5, 5.41) is 6.76. The van der Waals surface area contributed by atoms with E-state index in [1.54, 1.807) is 0 Å². The highest BCUT2D eigenvalue weighted by molar-refractivity contribution is 5.79. The Bertz CT molecular complexity index is 303. The van der Waals surface area contributed by atoms with Crippen LogP contribution >= 0.6 is 0 Å². The van der Waals surface area contributed by atoms with Crippen molar-refractivity contribution < 1.29 is 4.74 Å². The van der Waals surface area contributed by atoms with E-state index in [2.05, 4.69) is 29.4 Å². The molecule has 0 aromatic heterocycles. The average molecular weight is 327 g/mol. The summed E-state index contributed by atoms with van der Waals surface area (Å²) in [6.07, 6.45) is 6.35. The Balaban J connectivity index is 2.21. The molecule has 1 unspecified atom stereocenters. The molecule has 0 spiro atoms. The van der Waals surface area contributed by atoms with Gasteiger partial charge in [0.15, 0.2) is 5.96 Å². The molecule has 0 saturated carbocycles. The Labute approximate surface area is 143 Å². The molecule has 136 valence electrons. The molecule has 23 heavy (non-hydrogen) atoms. The van der Waals surface area contributed by atoms with Gasteiger partial charge in [-0.1, -0.05) is 13.3 Å². The van der Waals surface area contributed by atoms with Crippen molar-refractivity contribution in [3.63, 3.8) is 0 Å². The van der Waals surface area contributed by atoms with Crippen LogP contribution in [0.5, 0.6) is 0 Å². The van der Waals surface area contributed by atoms with E-state index in [0.717, 1.165) is 51.6 Å². The molecular weight excluding hydrogens is 288 g/mol. The lowest BCUT2D eigenvalue weighted by Crippen LogP contribution is -2.39. The van der Waals surface area contributed by atoms with Gasteiger partial charge < -0.3 is 20.3 Å². The van der Waals surface area contributed by atoms with Gasteiger partial charge in [0.1, 0.15) is 0 Å². The van der Waals surface area contributed by atoms with E-state index >= 15 is 0 Å². The molecule has 1 fully saturated rings. The van der Waals surface area contributed by atoms with Crippen LogP contribution in [0.1, 0.15) is 52.9 Å². The van der Waals surface area contributed by atoms with Crippen molar-refractivity contribution in [3.8, 4) is 0 Å². The molecule has 2 N–H and O–H groups in total. The molecule has 1 saturated heterocycles. The van der Waals surface area contributed by atoms with E-state index in [9.17, 15) is 0 Å². The largest absolute Gasteiger partial charge is 0.382 e. The van der Waals surface area contributed by atoms with Crippen molar-refractivity contribution in [1.82, 2.24) is 15.5 Å². The summed E-state index contributed by atoms with van der Waals surface area (Å²) in [7, 11) is 0. The monoisotopic (exact) mass is 326 g/mol. The van der Waals surface area contributed by atoms with Crippen LogP contribution in [0.15, 0.2) is 4.99 Å². The Morgan fingerprint density at radius 1 is 1.13 bits per heavy atom. The van der Waals surface area contributed by atoms with E-state index in [1.165, 1.54) is 38.9 Å². The molecule has 1 heterocycles. The number of hydrogen-bond donors (Lipinski definition) is 2. The highest BCUT2D eigenvalue weighted by Gasteiger charge is 2.13. The Hall–Kier alpha value is -0.810. The smallest absolute Gasteiger partial charge is 0.191 e. The summed E-state index contributed by atoms with van der Waals surface area (Å²) in [5.41, 5.74) is 0. The summed E-state index contributed by atoms with van der Waals surface area (Å²) in [4.78, 5) is 7.34. The zero-order valence-electron chi connectivity index (χ0n) is 15.6. The van der Waals surface area contributed by atoms with Crippen molar-refractivity contribution in [3.05, 3.63) is 0 Å². The number of nitrogens with zero attached hydrogens (tertiary/aromatic N) is 2. The summed E-state index contributed by atoms with van der Waals surface area (Å²) in [5.74, 6) is 1.57. The normalized spacial score (nSPS) is 18.0. The number of guanidine groups is 1. The number of piperidine rings is 1. The molecule has 1 rings (SSSR count). The minimum absolute atomic E-state index is 0.613. The molecule has 0 bridgehead atoms. The number of rotatable bonds is 11. The van der Waals surface area contributed by atoms with Crippen molar-refractivity contribution >= 4 is 5.96 Å². The standard InChI is InChI=1S/C18H38N4O/c1-4-19-18(20-11-7-10-14-23-5-2)21-15-17(3)16-22-12-8-6-9-13-22/h17H,4-16H2,1-3H3,(H2,19,20,21). The molecule has 1 atom stereocenters. The summed E-state index contributed by atoms with van der Waals surface area (Å²) < 4.78 is 5.36. The molecule has 1 aliphatic rings. The fraction of sp³-hybridized carbons (Fsp3) is 0.944. The number of likely N-dealkylation sites (tertiary alicyclic amines) is 1. The van der Waals surface area contributed by atoms with Gasteiger partial charge in [0.25, 0.3) is 0 Å². The van der Waals surface area contributed by atoms with Crippen LogP contribution in [0.3, 0.4) is 0 Å². The summed E-state index contributed by atoms with van der Waals surface area (Å²) >= 11 is 0. The third-order valence-electron chi connectivity index (χ3n) is 4.14. The molecular formula is C18H38N4O. The van der Waals surface area contributed by atoms with E-state index in [-0.39, 0.29) is 0 Å². The molecule has 0 amide bonds. The van der Waals surface area contributed by atoms with Crippen LogP contribution in [0.2, 0.25) is 0 Å². The number of hydrogen-bond acceptors (Lipinski definition) is 3. The molecule has 5 heteroatoms. The van der Waals surface area contributed by atoms with E-state index in [4.69, 9.17) is 9.73 Å². The number of ether oxygens (including phenoxy) is 1. The molecule has 1 aliphatic heterocycles. The van der Waals surface area contributed by atoms with Crippen molar-refractivity contribution in [2.75, 3.05) is 52.5 Å². The lowest BCUT2D eigenvalue weighted by atomic mass is 10.1. The molecule has 0 aromatic rings. The van der Waals surface area contributed by atoms with Crippen molar-refractivity contribution in [2.45, 2.75) is 52.9 Å². The number of aliphatic imine (C=N–C) groups is 1. The first-order valence-corrected chi connectivity index (χ1v) is 9.58. The average Bonchev–Trinajstić information content (AvgIpc) is 2.56. The van der Waals surface area contributed by atoms with Gasteiger partial charge >= 0.3 is 0 Å². The third kappa shape index (κ3) is 10.6. The van der Waals surface area contributed by atoms with Gasteiger partial charge in [-0.3, -0.25) is 4.99 Å². The van der Waals surface area contributed by atoms with Crippen LogP contribution in [-0.2, 0) is 4.74 Å². The minimum Gasteiger partial charge on any atom is -0.382 e. The fourth-order valence-corrected chi connectivity index (χ4v) is 2.91. The Kier molecular flexibility index (Phi) is 12.0. The molecule has 5 nitrogen and oxygen atoms in total. The van der Waals surface area contributed by atoms with E-state index in [1.807, 2.05) is 6.92 Å².